The molecule has 0 fully saturated rings. The second-order valence-corrected chi connectivity index (χ2v) is 6.17. The highest BCUT2D eigenvalue weighted by Gasteiger charge is 2.17. The zero-order valence-corrected chi connectivity index (χ0v) is 13.3. The molecule has 0 radical (unpaired) electrons. The smallest absolute Gasteiger partial charge is 0.132 e. The minimum Gasteiger partial charge on any atom is -0.356 e. The number of aromatic nitrogens is 1. The number of nitrogens with one attached hydrogen (secondary N) is 1. The lowest BCUT2D eigenvalue weighted by Crippen LogP contribution is -2.37. The van der Waals surface area contributed by atoms with Gasteiger partial charge in [0.2, 0.25) is 0 Å². The summed E-state index contributed by atoms with van der Waals surface area (Å²) in [4.78, 5) is 6.90. The van der Waals surface area contributed by atoms with E-state index in [1.165, 1.54) is 5.56 Å². The predicted molar refractivity (Wildman–Crippen MR) is 83.6 cm³/mol. The van der Waals surface area contributed by atoms with Crippen molar-refractivity contribution >= 4 is 5.82 Å². The molecule has 1 aromatic rings. The van der Waals surface area contributed by atoms with Gasteiger partial charge < -0.3 is 10.2 Å². The molecule has 0 spiro atoms. The van der Waals surface area contributed by atoms with E-state index in [1.54, 1.807) is 0 Å². The van der Waals surface area contributed by atoms with Crippen molar-refractivity contribution in [3.8, 4) is 0 Å². The zero-order chi connectivity index (χ0) is 14.5. The highest BCUT2D eigenvalue weighted by molar-refractivity contribution is 5.46. The van der Waals surface area contributed by atoms with E-state index in [-0.39, 0.29) is 5.54 Å². The van der Waals surface area contributed by atoms with Crippen LogP contribution in [0, 0.1) is 0 Å². The Hall–Kier alpha value is -1.09. The molecule has 0 aliphatic heterocycles. The Balaban J connectivity index is 2.89. The van der Waals surface area contributed by atoms with E-state index in [4.69, 9.17) is 0 Å². The van der Waals surface area contributed by atoms with Crippen molar-refractivity contribution in [2.75, 3.05) is 11.9 Å². The first-order valence-corrected chi connectivity index (χ1v) is 7.30. The fraction of sp³-hybridized carbons (Fsp3) is 0.688. The molecule has 19 heavy (non-hydrogen) atoms. The molecule has 1 aromatic heterocycles. The Bertz CT molecular complexity index is 378. The minimum atomic E-state index is 0.126. The van der Waals surface area contributed by atoms with Crippen LogP contribution >= 0.6 is 0 Å². The average Bonchev–Trinajstić information content (AvgIpc) is 2.37. The molecule has 0 atom stereocenters. The number of hydrogen-bond acceptors (Lipinski definition) is 3. The monoisotopic (exact) mass is 263 g/mol. The van der Waals surface area contributed by atoms with E-state index in [0.29, 0.717) is 6.04 Å². The van der Waals surface area contributed by atoms with Gasteiger partial charge in [-0.05, 0) is 39.7 Å². The minimum absolute atomic E-state index is 0.126. The number of anilines is 1. The third-order valence-corrected chi connectivity index (χ3v) is 3.50. The van der Waals surface area contributed by atoms with Crippen molar-refractivity contribution in [3.63, 3.8) is 0 Å². The third kappa shape index (κ3) is 4.83. The van der Waals surface area contributed by atoms with Gasteiger partial charge >= 0.3 is 0 Å². The highest BCUT2D eigenvalue weighted by atomic mass is 15.2. The van der Waals surface area contributed by atoms with E-state index in [0.717, 1.165) is 25.2 Å². The van der Waals surface area contributed by atoms with Crippen molar-refractivity contribution in [1.29, 1.82) is 0 Å². The van der Waals surface area contributed by atoms with Gasteiger partial charge in [0, 0.05) is 36.9 Å². The Morgan fingerprint density at radius 3 is 2.42 bits per heavy atom. The van der Waals surface area contributed by atoms with Crippen molar-refractivity contribution in [2.45, 2.75) is 65.6 Å². The summed E-state index contributed by atoms with van der Waals surface area (Å²) in [6, 6.07) is 4.74. The third-order valence-electron chi connectivity index (χ3n) is 3.50. The van der Waals surface area contributed by atoms with E-state index in [2.05, 4.69) is 62.9 Å². The SMILES string of the molecule is CCC(CC)N(C)c1ncccc1CNC(C)(C)C. The maximum Gasteiger partial charge on any atom is 0.132 e. The van der Waals surface area contributed by atoms with Crippen LogP contribution in [0.25, 0.3) is 0 Å². The molecule has 0 saturated heterocycles. The first-order chi connectivity index (χ1) is 8.89. The molecule has 0 amide bonds. The van der Waals surface area contributed by atoms with Crippen molar-refractivity contribution < 1.29 is 0 Å². The van der Waals surface area contributed by atoms with E-state index in [1.807, 2.05) is 12.3 Å². The van der Waals surface area contributed by atoms with Crippen LogP contribution in [0.1, 0.15) is 53.0 Å². The lowest BCUT2D eigenvalue weighted by molar-refractivity contribution is 0.423. The van der Waals surface area contributed by atoms with Gasteiger partial charge in [-0.3, -0.25) is 0 Å². The van der Waals surface area contributed by atoms with Crippen LogP contribution in [0.4, 0.5) is 5.82 Å². The zero-order valence-electron chi connectivity index (χ0n) is 13.3. The standard InChI is InChI=1S/C16H29N3/c1-7-14(8-2)19(6)15-13(10-9-11-17-15)12-18-16(3,4)5/h9-11,14,18H,7-8,12H2,1-6H3. The summed E-state index contributed by atoms with van der Waals surface area (Å²) in [6.45, 7) is 11.9. The number of pyridine rings is 1. The average molecular weight is 263 g/mol. The number of rotatable bonds is 6. The van der Waals surface area contributed by atoms with Gasteiger partial charge in [0.1, 0.15) is 5.82 Å². The topological polar surface area (TPSA) is 28.2 Å². The Kier molecular flexibility index (Phi) is 5.80. The maximum atomic E-state index is 4.58. The summed E-state index contributed by atoms with van der Waals surface area (Å²) in [6.07, 6.45) is 4.18. The van der Waals surface area contributed by atoms with Crippen molar-refractivity contribution in [3.05, 3.63) is 23.9 Å². The number of nitrogens with zero attached hydrogens (tertiary/aromatic N) is 2. The van der Waals surface area contributed by atoms with Crippen LogP contribution < -0.4 is 10.2 Å². The van der Waals surface area contributed by atoms with Crippen LogP contribution in [-0.4, -0.2) is 23.6 Å². The maximum absolute atomic E-state index is 4.58. The van der Waals surface area contributed by atoms with Crippen LogP contribution in [0.15, 0.2) is 18.3 Å². The van der Waals surface area contributed by atoms with E-state index < -0.39 is 0 Å². The lowest BCUT2D eigenvalue weighted by atomic mass is 10.1. The molecule has 0 aliphatic rings. The molecule has 3 heteroatoms. The molecule has 3 nitrogen and oxygen atoms in total. The normalized spacial score (nSPS) is 11.9. The van der Waals surface area contributed by atoms with Crippen LogP contribution in [0.3, 0.4) is 0 Å². The molecular weight excluding hydrogens is 234 g/mol. The lowest BCUT2D eigenvalue weighted by Gasteiger charge is -2.30. The molecular formula is C16H29N3. The van der Waals surface area contributed by atoms with Crippen molar-refractivity contribution in [2.24, 2.45) is 0 Å². The molecule has 1 rings (SSSR count). The summed E-state index contributed by atoms with van der Waals surface area (Å²) in [5.41, 5.74) is 1.40. The van der Waals surface area contributed by atoms with Crippen molar-refractivity contribution in [1.82, 2.24) is 10.3 Å². The Morgan fingerprint density at radius 2 is 1.89 bits per heavy atom. The quantitative estimate of drug-likeness (QED) is 0.850. The molecule has 108 valence electrons. The summed E-state index contributed by atoms with van der Waals surface area (Å²) in [7, 11) is 2.15. The summed E-state index contributed by atoms with van der Waals surface area (Å²) >= 11 is 0. The molecule has 0 bridgehead atoms. The van der Waals surface area contributed by atoms with Gasteiger partial charge in [-0.1, -0.05) is 19.9 Å². The van der Waals surface area contributed by atoms with Gasteiger partial charge in [-0.15, -0.1) is 0 Å². The second-order valence-electron chi connectivity index (χ2n) is 6.17. The van der Waals surface area contributed by atoms with Crippen LogP contribution in [-0.2, 0) is 6.54 Å². The largest absolute Gasteiger partial charge is 0.356 e. The van der Waals surface area contributed by atoms with Gasteiger partial charge in [0.05, 0.1) is 0 Å². The Morgan fingerprint density at radius 1 is 1.26 bits per heavy atom. The molecule has 0 unspecified atom stereocenters. The van der Waals surface area contributed by atoms with Gasteiger partial charge in [0.25, 0.3) is 0 Å². The highest BCUT2D eigenvalue weighted by Crippen LogP contribution is 2.21. The summed E-state index contributed by atoms with van der Waals surface area (Å²) < 4.78 is 0. The van der Waals surface area contributed by atoms with Gasteiger partial charge in [-0.25, -0.2) is 4.98 Å². The first kappa shape index (κ1) is 16.0. The first-order valence-electron chi connectivity index (χ1n) is 7.30. The number of hydrogen-bond donors (Lipinski definition) is 1. The van der Waals surface area contributed by atoms with Gasteiger partial charge in [-0.2, -0.15) is 0 Å². The molecule has 1 N–H and O–H groups in total. The summed E-state index contributed by atoms with van der Waals surface area (Å²) in [5.74, 6) is 1.10. The molecule has 0 aliphatic carbocycles. The predicted octanol–water partition coefficient (Wildman–Crippen LogP) is 3.59. The second kappa shape index (κ2) is 6.90. The van der Waals surface area contributed by atoms with Crippen LogP contribution in [0.2, 0.25) is 0 Å². The van der Waals surface area contributed by atoms with Gasteiger partial charge in [0.15, 0.2) is 0 Å². The van der Waals surface area contributed by atoms with E-state index in [9.17, 15) is 0 Å². The molecule has 0 aromatic carbocycles. The van der Waals surface area contributed by atoms with E-state index >= 15 is 0 Å². The fourth-order valence-electron chi connectivity index (χ4n) is 2.26. The Labute approximate surface area is 118 Å². The summed E-state index contributed by atoms with van der Waals surface area (Å²) in [5, 5.41) is 3.54. The fourth-order valence-corrected chi connectivity index (χ4v) is 2.26. The molecule has 1 heterocycles. The van der Waals surface area contributed by atoms with Crippen LogP contribution in [0.5, 0.6) is 0 Å². The molecule has 0 saturated carbocycles.